The SMILES string of the molecule is C[C@H]1CCCC[C@@H]1NC(=O)CN1CCc2sccc2[C@@H]1C1CC1. The maximum absolute atomic E-state index is 12.6. The van der Waals surface area contributed by atoms with Crippen LogP contribution in [-0.4, -0.2) is 29.9 Å². The quantitative estimate of drug-likeness (QED) is 0.911. The number of nitrogens with zero attached hydrogens (tertiary/aromatic N) is 1. The molecule has 1 aliphatic heterocycles. The number of amides is 1. The molecule has 0 radical (unpaired) electrons. The lowest BCUT2D eigenvalue weighted by molar-refractivity contribution is -0.124. The predicted molar refractivity (Wildman–Crippen MR) is 94.6 cm³/mol. The summed E-state index contributed by atoms with van der Waals surface area (Å²) in [5.74, 6) is 1.66. The summed E-state index contributed by atoms with van der Waals surface area (Å²) in [5.41, 5.74) is 1.52. The normalized spacial score (nSPS) is 31.6. The minimum atomic E-state index is 0.244. The second-order valence-electron chi connectivity index (χ2n) is 7.74. The van der Waals surface area contributed by atoms with Gasteiger partial charge in [0, 0.05) is 23.5 Å². The fourth-order valence-corrected chi connectivity index (χ4v) is 5.42. The highest BCUT2D eigenvalue weighted by atomic mass is 32.1. The van der Waals surface area contributed by atoms with Crippen molar-refractivity contribution in [2.24, 2.45) is 11.8 Å². The van der Waals surface area contributed by atoms with E-state index in [-0.39, 0.29) is 5.91 Å². The molecule has 0 saturated heterocycles. The maximum Gasteiger partial charge on any atom is 0.234 e. The van der Waals surface area contributed by atoms with Crippen LogP contribution in [0.5, 0.6) is 0 Å². The molecule has 3 aliphatic rings. The van der Waals surface area contributed by atoms with E-state index in [9.17, 15) is 4.79 Å². The third kappa shape index (κ3) is 3.34. The summed E-state index contributed by atoms with van der Waals surface area (Å²) >= 11 is 1.90. The van der Waals surface area contributed by atoms with Crippen molar-refractivity contribution in [2.45, 2.75) is 64.0 Å². The number of carbonyl (C=O) groups is 1. The number of carbonyl (C=O) groups excluding carboxylic acids is 1. The van der Waals surface area contributed by atoms with E-state index in [0.29, 0.717) is 24.5 Å². The smallest absolute Gasteiger partial charge is 0.234 e. The summed E-state index contributed by atoms with van der Waals surface area (Å²) in [4.78, 5) is 16.6. The predicted octanol–water partition coefficient (Wildman–Crippen LogP) is 3.75. The van der Waals surface area contributed by atoms with Gasteiger partial charge in [-0.05, 0) is 60.9 Å². The van der Waals surface area contributed by atoms with Crippen LogP contribution in [-0.2, 0) is 11.2 Å². The molecule has 1 amide bonds. The van der Waals surface area contributed by atoms with Gasteiger partial charge in [-0.1, -0.05) is 19.8 Å². The number of hydrogen-bond acceptors (Lipinski definition) is 3. The van der Waals surface area contributed by atoms with Gasteiger partial charge in [0.15, 0.2) is 0 Å². The molecule has 2 heterocycles. The first-order valence-electron chi connectivity index (χ1n) is 9.32. The molecule has 23 heavy (non-hydrogen) atoms. The Balaban J connectivity index is 1.40. The van der Waals surface area contributed by atoms with Crippen LogP contribution in [0.3, 0.4) is 0 Å². The number of hydrogen-bond donors (Lipinski definition) is 1. The van der Waals surface area contributed by atoms with Crippen molar-refractivity contribution >= 4 is 17.2 Å². The molecule has 126 valence electrons. The zero-order valence-electron chi connectivity index (χ0n) is 14.1. The summed E-state index contributed by atoms with van der Waals surface area (Å²) in [6.45, 7) is 3.91. The van der Waals surface area contributed by atoms with Crippen LogP contribution in [0, 0.1) is 11.8 Å². The van der Waals surface area contributed by atoms with E-state index in [1.165, 1.54) is 37.7 Å². The van der Waals surface area contributed by atoms with Gasteiger partial charge in [-0.3, -0.25) is 9.69 Å². The van der Waals surface area contributed by atoms with E-state index in [4.69, 9.17) is 0 Å². The Hall–Kier alpha value is -0.870. The molecular formula is C19H28N2OS. The average molecular weight is 333 g/mol. The van der Waals surface area contributed by atoms with Gasteiger partial charge in [0.25, 0.3) is 0 Å². The van der Waals surface area contributed by atoms with Crippen LogP contribution < -0.4 is 5.32 Å². The maximum atomic E-state index is 12.6. The Bertz CT molecular complexity index is 565. The van der Waals surface area contributed by atoms with Crippen molar-refractivity contribution in [3.05, 3.63) is 21.9 Å². The topological polar surface area (TPSA) is 32.3 Å². The lowest BCUT2D eigenvalue weighted by Gasteiger charge is -2.36. The molecule has 2 aliphatic carbocycles. The van der Waals surface area contributed by atoms with Crippen molar-refractivity contribution in [1.82, 2.24) is 10.2 Å². The van der Waals surface area contributed by atoms with E-state index in [1.807, 2.05) is 11.3 Å². The van der Waals surface area contributed by atoms with Gasteiger partial charge in [-0.2, -0.15) is 0 Å². The van der Waals surface area contributed by atoms with Crippen molar-refractivity contribution in [3.8, 4) is 0 Å². The Morgan fingerprint density at radius 3 is 2.91 bits per heavy atom. The van der Waals surface area contributed by atoms with E-state index < -0.39 is 0 Å². The van der Waals surface area contributed by atoms with Crippen LogP contribution in [0.25, 0.3) is 0 Å². The third-order valence-electron chi connectivity index (χ3n) is 5.99. The largest absolute Gasteiger partial charge is 0.352 e. The minimum absolute atomic E-state index is 0.244. The molecule has 0 bridgehead atoms. The standard InChI is InChI=1S/C19H28N2OS/c1-13-4-2-3-5-16(13)20-18(22)12-21-10-8-17-15(9-11-23-17)19(21)14-6-7-14/h9,11,13-14,16,19H,2-8,10,12H2,1H3,(H,20,22)/t13-,16-,19-/m0/s1. The fraction of sp³-hybridized carbons (Fsp3) is 0.737. The molecule has 4 heteroatoms. The first kappa shape index (κ1) is 15.6. The van der Waals surface area contributed by atoms with Gasteiger partial charge in [-0.15, -0.1) is 11.3 Å². The monoisotopic (exact) mass is 332 g/mol. The summed E-state index contributed by atoms with van der Waals surface area (Å²) in [5, 5.41) is 5.57. The minimum Gasteiger partial charge on any atom is -0.352 e. The van der Waals surface area contributed by atoms with Crippen molar-refractivity contribution in [3.63, 3.8) is 0 Å². The van der Waals surface area contributed by atoms with Crippen LogP contribution >= 0.6 is 11.3 Å². The molecule has 2 saturated carbocycles. The molecule has 3 nitrogen and oxygen atoms in total. The number of nitrogens with one attached hydrogen (secondary N) is 1. The molecule has 0 spiro atoms. The van der Waals surface area contributed by atoms with Gasteiger partial charge in [-0.25, -0.2) is 0 Å². The lowest BCUT2D eigenvalue weighted by Crippen LogP contribution is -2.47. The molecule has 4 rings (SSSR count). The number of thiophene rings is 1. The summed E-state index contributed by atoms with van der Waals surface area (Å²) in [6.07, 6.45) is 8.79. The molecule has 1 aromatic rings. The van der Waals surface area contributed by atoms with Gasteiger partial charge < -0.3 is 5.32 Å². The first-order chi connectivity index (χ1) is 11.2. The highest BCUT2D eigenvalue weighted by molar-refractivity contribution is 7.10. The van der Waals surface area contributed by atoms with Crippen LogP contribution in [0.1, 0.15) is 61.9 Å². The highest BCUT2D eigenvalue weighted by Crippen LogP contribution is 2.48. The highest BCUT2D eigenvalue weighted by Gasteiger charge is 2.40. The summed E-state index contributed by atoms with van der Waals surface area (Å²) in [7, 11) is 0. The number of rotatable bonds is 4. The second-order valence-corrected chi connectivity index (χ2v) is 8.74. The summed E-state index contributed by atoms with van der Waals surface area (Å²) in [6, 6.07) is 3.20. The van der Waals surface area contributed by atoms with E-state index in [0.717, 1.165) is 25.3 Å². The molecular weight excluding hydrogens is 304 g/mol. The zero-order valence-corrected chi connectivity index (χ0v) is 14.9. The summed E-state index contributed by atoms with van der Waals surface area (Å²) < 4.78 is 0. The lowest BCUT2D eigenvalue weighted by atomic mass is 9.86. The molecule has 0 unspecified atom stereocenters. The van der Waals surface area contributed by atoms with Crippen molar-refractivity contribution < 1.29 is 4.79 Å². The molecule has 2 fully saturated rings. The molecule has 0 aromatic carbocycles. The molecule has 1 aromatic heterocycles. The first-order valence-corrected chi connectivity index (χ1v) is 10.2. The Morgan fingerprint density at radius 2 is 2.13 bits per heavy atom. The van der Waals surface area contributed by atoms with E-state index >= 15 is 0 Å². The molecule has 3 atom stereocenters. The van der Waals surface area contributed by atoms with Crippen molar-refractivity contribution in [2.75, 3.05) is 13.1 Å². The second kappa shape index (κ2) is 6.56. The Kier molecular flexibility index (Phi) is 4.46. The van der Waals surface area contributed by atoms with Crippen LogP contribution in [0.4, 0.5) is 0 Å². The number of fused-ring (bicyclic) bond motifs is 1. The molecule has 1 N–H and O–H groups in total. The van der Waals surface area contributed by atoms with E-state index in [2.05, 4.69) is 28.6 Å². The van der Waals surface area contributed by atoms with Gasteiger partial charge >= 0.3 is 0 Å². The van der Waals surface area contributed by atoms with E-state index in [1.54, 1.807) is 4.88 Å². The Morgan fingerprint density at radius 1 is 1.30 bits per heavy atom. The van der Waals surface area contributed by atoms with Crippen LogP contribution in [0.2, 0.25) is 0 Å². The van der Waals surface area contributed by atoms with Gasteiger partial charge in [0.2, 0.25) is 5.91 Å². The third-order valence-corrected chi connectivity index (χ3v) is 6.99. The Labute approximate surface area is 143 Å². The van der Waals surface area contributed by atoms with Crippen molar-refractivity contribution in [1.29, 1.82) is 0 Å². The van der Waals surface area contributed by atoms with Gasteiger partial charge in [0.05, 0.1) is 6.54 Å². The average Bonchev–Trinajstić information content (AvgIpc) is 3.26. The van der Waals surface area contributed by atoms with Gasteiger partial charge in [0.1, 0.15) is 0 Å². The fourth-order valence-electron chi connectivity index (χ4n) is 4.51. The van der Waals surface area contributed by atoms with Crippen LogP contribution in [0.15, 0.2) is 11.4 Å². The zero-order chi connectivity index (χ0) is 15.8.